The first-order valence-electron chi connectivity index (χ1n) is 7.61. The normalized spacial score (nSPS) is 11.2. The highest BCUT2D eigenvalue weighted by molar-refractivity contribution is 7.15. The van der Waals surface area contributed by atoms with Crippen molar-refractivity contribution in [3.63, 3.8) is 0 Å². The number of rotatable bonds is 7. The van der Waals surface area contributed by atoms with Crippen LogP contribution in [0, 0.1) is 5.82 Å². The summed E-state index contributed by atoms with van der Waals surface area (Å²) in [6, 6.07) is 5.72. The van der Waals surface area contributed by atoms with E-state index in [9.17, 15) is 14.0 Å². The van der Waals surface area contributed by atoms with Gasteiger partial charge < -0.3 is 10.4 Å². The van der Waals surface area contributed by atoms with Crippen LogP contribution in [-0.2, 0) is 11.2 Å². The summed E-state index contributed by atoms with van der Waals surface area (Å²) in [5.74, 6) is -1.23. The number of anilines is 1. The summed E-state index contributed by atoms with van der Waals surface area (Å²) in [6.45, 7) is 3.48. The van der Waals surface area contributed by atoms with Crippen molar-refractivity contribution < 1.29 is 19.1 Å². The Morgan fingerprint density at radius 1 is 1.32 bits per heavy atom. The first-order chi connectivity index (χ1) is 11.7. The number of carbonyl (C=O) groups is 2. The number of amides is 2. The number of carbonyl (C=O) groups excluding carboxylic acids is 1. The fourth-order valence-electron chi connectivity index (χ4n) is 2.11. The molecule has 0 radical (unpaired) electrons. The molecular weight excluding hydrogens is 347 g/mol. The van der Waals surface area contributed by atoms with E-state index in [0.29, 0.717) is 23.0 Å². The molecule has 0 fully saturated rings. The van der Waals surface area contributed by atoms with E-state index in [1.165, 1.54) is 23.5 Å². The highest BCUT2D eigenvalue weighted by atomic mass is 32.1. The topological polar surface area (TPSA) is 104 Å². The Morgan fingerprint density at radius 2 is 2.08 bits per heavy atom. The molecule has 0 saturated heterocycles. The number of carboxylic acids is 1. The Kier molecular flexibility index (Phi) is 6.02. The summed E-state index contributed by atoms with van der Waals surface area (Å²) in [5.41, 5.74) is 0.0966. The number of halogens is 1. The molecule has 0 aliphatic carbocycles. The van der Waals surface area contributed by atoms with Gasteiger partial charge in [0.15, 0.2) is 0 Å². The Labute approximate surface area is 148 Å². The standard InChI is InChI=1S/C16H19FN4O3S/c1-16(2,7-6-13(22)23)19-14(24)18-15-21-20-12(25-15)9-10-4-3-5-11(17)8-10/h3-5,8H,6-7,9H2,1-2H3,(H,22,23)(H2,18,19,21,24). The SMILES string of the molecule is CC(C)(CCC(=O)O)NC(=O)Nc1nnc(Cc2cccc(F)c2)s1. The zero-order valence-corrected chi connectivity index (χ0v) is 14.7. The first-order valence-corrected chi connectivity index (χ1v) is 8.43. The molecule has 2 aromatic rings. The molecule has 1 aromatic heterocycles. The molecule has 2 amide bonds. The lowest BCUT2D eigenvalue weighted by molar-refractivity contribution is -0.137. The van der Waals surface area contributed by atoms with Gasteiger partial charge in [0.2, 0.25) is 5.13 Å². The summed E-state index contributed by atoms with van der Waals surface area (Å²) in [7, 11) is 0. The van der Waals surface area contributed by atoms with Gasteiger partial charge in [-0.3, -0.25) is 10.1 Å². The predicted octanol–water partition coefficient (Wildman–Crippen LogP) is 3.03. The number of hydrogen-bond donors (Lipinski definition) is 3. The number of carboxylic acid groups (broad SMARTS) is 1. The van der Waals surface area contributed by atoms with Crippen molar-refractivity contribution in [3.05, 3.63) is 40.7 Å². The molecule has 1 aromatic carbocycles. The van der Waals surface area contributed by atoms with Crippen molar-refractivity contribution in [1.29, 1.82) is 0 Å². The van der Waals surface area contributed by atoms with Crippen LogP contribution in [0.2, 0.25) is 0 Å². The molecule has 0 bridgehead atoms. The number of aromatic nitrogens is 2. The van der Waals surface area contributed by atoms with Crippen LogP contribution in [0.15, 0.2) is 24.3 Å². The second kappa shape index (κ2) is 8.02. The predicted molar refractivity (Wildman–Crippen MR) is 92.2 cm³/mol. The third-order valence-electron chi connectivity index (χ3n) is 3.35. The minimum absolute atomic E-state index is 0.0378. The van der Waals surface area contributed by atoms with E-state index < -0.39 is 17.5 Å². The van der Waals surface area contributed by atoms with Crippen LogP contribution in [0.5, 0.6) is 0 Å². The highest BCUT2D eigenvalue weighted by Crippen LogP contribution is 2.19. The van der Waals surface area contributed by atoms with Gasteiger partial charge in [-0.1, -0.05) is 23.5 Å². The van der Waals surface area contributed by atoms with Gasteiger partial charge in [-0.25, -0.2) is 9.18 Å². The van der Waals surface area contributed by atoms with Gasteiger partial charge in [0, 0.05) is 18.4 Å². The zero-order valence-electron chi connectivity index (χ0n) is 13.9. The quantitative estimate of drug-likeness (QED) is 0.699. The fraction of sp³-hybridized carbons (Fsp3) is 0.375. The molecule has 2 rings (SSSR count). The molecule has 0 saturated carbocycles. The van der Waals surface area contributed by atoms with E-state index in [1.54, 1.807) is 26.0 Å². The van der Waals surface area contributed by atoms with Crippen LogP contribution in [0.4, 0.5) is 14.3 Å². The number of aliphatic carboxylic acids is 1. The maximum absolute atomic E-state index is 13.2. The van der Waals surface area contributed by atoms with Crippen molar-refractivity contribution >= 4 is 28.5 Å². The van der Waals surface area contributed by atoms with Crippen molar-refractivity contribution in [2.45, 2.75) is 38.6 Å². The first kappa shape index (κ1) is 18.8. The Balaban J connectivity index is 1.89. The van der Waals surface area contributed by atoms with Crippen molar-refractivity contribution in [1.82, 2.24) is 15.5 Å². The van der Waals surface area contributed by atoms with E-state index in [0.717, 1.165) is 5.56 Å². The Bertz CT molecular complexity index is 763. The van der Waals surface area contributed by atoms with Crippen LogP contribution in [-0.4, -0.2) is 32.8 Å². The molecule has 0 aliphatic heterocycles. The molecule has 0 aliphatic rings. The lowest BCUT2D eigenvalue weighted by Gasteiger charge is -2.25. The van der Waals surface area contributed by atoms with E-state index in [4.69, 9.17) is 5.11 Å². The minimum Gasteiger partial charge on any atom is -0.481 e. The molecule has 3 N–H and O–H groups in total. The smallest absolute Gasteiger partial charge is 0.321 e. The lowest BCUT2D eigenvalue weighted by Crippen LogP contribution is -2.45. The maximum Gasteiger partial charge on any atom is 0.321 e. The summed E-state index contributed by atoms with van der Waals surface area (Å²) >= 11 is 1.20. The molecular formula is C16H19FN4O3S. The Morgan fingerprint density at radius 3 is 2.76 bits per heavy atom. The van der Waals surface area contributed by atoms with Crippen LogP contribution in [0.25, 0.3) is 0 Å². The molecule has 0 spiro atoms. The Hall–Kier alpha value is -2.55. The van der Waals surface area contributed by atoms with E-state index in [2.05, 4.69) is 20.8 Å². The average Bonchev–Trinajstić information content (AvgIpc) is 2.91. The van der Waals surface area contributed by atoms with Gasteiger partial charge in [0.1, 0.15) is 10.8 Å². The summed E-state index contributed by atoms with van der Waals surface area (Å²) < 4.78 is 13.2. The van der Waals surface area contributed by atoms with Gasteiger partial charge in [0.25, 0.3) is 0 Å². The van der Waals surface area contributed by atoms with Crippen LogP contribution in [0.1, 0.15) is 37.3 Å². The zero-order chi connectivity index (χ0) is 18.4. The third kappa shape index (κ3) is 6.46. The van der Waals surface area contributed by atoms with Crippen molar-refractivity contribution in [3.8, 4) is 0 Å². The summed E-state index contributed by atoms with van der Waals surface area (Å²) in [4.78, 5) is 22.6. The van der Waals surface area contributed by atoms with Crippen LogP contribution >= 0.6 is 11.3 Å². The van der Waals surface area contributed by atoms with E-state index in [1.807, 2.05) is 0 Å². The van der Waals surface area contributed by atoms with Gasteiger partial charge >= 0.3 is 12.0 Å². The molecule has 134 valence electrons. The van der Waals surface area contributed by atoms with Crippen LogP contribution < -0.4 is 10.6 Å². The molecule has 9 heteroatoms. The number of nitrogens with one attached hydrogen (secondary N) is 2. The van der Waals surface area contributed by atoms with Crippen molar-refractivity contribution in [2.75, 3.05) is 5.32 Å². The average molecular weight is 366 g/mol. The van der Waals surface area contributed by atoms with Crippen molar-refractivity contribution in [2.24, 2.45) is 0 Å². The number of nitrogens with zero attached hydrogens (tertiary/aromatic N) is 2. The fourth-order valence-corrected chi connectivity index (χ4v) is 2.88. The largest absolute Gasteiger partial charge is 0.481 e. The third-order valence-corrected chi connectivity index (χ3v) is 4.19. The molecule has 0 unspecified atom stereocenters. The monoisotopic (exact) mass is 366 g/mol. The molecule has 1 heterocycles. The highest BCUT2D eigenvalue weighted by Gasteiger charge is 2.22. The lowest BCUT2D eigenvalue weighted by atomic mass is 9.99. The van der Waals surface area contributed by atoms with Crippen LogP contribution in [0.3, 0.4) is 0 Å². The van der Waals surface area contributed by atoms with Gasteiger partial charge in [-0.2, -0.15) is 0 Å². The number of urea groups is 1. The maximum atomic E-state index is 13.2. The van der Waals surface area contributed by atoms with Gasteiger partial charge in [-0.05, 0) is 38.0 Å². The molecule has 25 heavy (non-hydrogen) atoms. The minimum atomic E-state index is -0.915. The number of benzene rings is 1. The molecule has 0 atom stereocenters. The summed E-state index contributed by atoms with van der Waals surface area (Å²) in [5, 5.41) is 22.8. The van der Waals surface area contributed by atoms with E-state index >= 15 is 0 Å². The van der Waals surface area contributed by atoms with Gasteiger partial charge in [-0.15, -0.1) is 10.2 Å². The van der Waals surface area contributed by atoms with E-state index in [-0.39, 0.29) is 12.2 Å². The summed E-state index contributed by atoms with van der Waals surface area (Å²) in [6.07, 6.45) is 0.684. The van der Waals surface area contributed by atoms with Gasteiger partial charge in [0.05, 0.1) is 0 Å². The second-order valence-corrected chi connectivity index (χ2v) is 7.23. The second-order valence-electron chi connectivity index (χ2n) is 6.16. The number of hydrogen-bond acceptors (Lipinski definition) is 5. The molecule has 7 nitrogen and oxygen atoms in total.